The largest absolute Gasteiger partial charge is 0.342 e. The highest BCUT2D eigenvalue weighted by Gasteiger charge is 2.34. The average Bonchev–Trinajstić information content (AvgIpc) is 2.99. The topological polar surface area (TPSA) is 49.4 Å². The quantitative estimate of drug-likeness (QED) is 0.910. The Kier molecular flexibility index (Phi) is 5.17. The number of aryl methyl sites for hydroxylation is 1. The average molecular weight is 336 g/mol. The number of nitrogens with zero attached hydrogens (tertiary/aromatic N) is 1. The van der Waals surface area contributed by atoms with Crippen LogP contribution in [0.5, 0.6) is 0 Å². The summed E-state index contributed by atoms with van der Waals surface area (Å²) in [5.41, 5.74) is 4.25. The van der Waals surface area contributed by atoms with Crippen LogP contribution in [-0.4, -0.2) is 29.8 Å². The van der Waals surface area contributed by atoms with E-state index < -0.39 is 0 Å². The van der Waals surface area contributed by atoms with Crippen molar-refractivity contribution in [2.45, 2.75) is 26.7 Å². The van der Waals surface area contributed by atoms with Crippen LogP contribution in [0, 0.1) is 19.8 Å². The monoisotopic (exact) mass is 336 g/mol. The summed E-state index contributed by atoms with van der Waals surface area (Å²) in [5.74, 6) is -0.274. The highest BCUT2D eigenvalue weighted by Crippen LogP contribution is 2.23. The first kappa shape index (κ1) is 17.2. The number of benzene rings is 2. The summed E-state index contributed by atoms with van der Waals surface area (Å²) in [6.45, 7) is 5.19. The Labute approximate surface area is 148 Å². The van der Waals surface area contributed by atoms with E-state index in [9.17, 15) is 9.59 Å². The van der Waals surface area contributed by atoms with Crippen LogP contribution in [0.2, 0.25) is 0 Å². The molecule has 0 radical (unpaired) electrons. The Morgan fingerprint density at radius 3 is 2.64 bits per heavy atom. The van der Waals surface area contributed by atoms with Gasteiger partial charge in [-0.1, -0.05) is 42.5 Å². The van der Waals surface area contributed by atoms with Gasteiger partial charge in [-0.05, 0) is 43.0 Å². The maximum absolute atomic E-state index is 12.6. The summed E-state index contributed by atoms with van der Waals surface area (Å²) in [4.78, 5) is 26.6. The van der Waals surface area contributed by atoms with Gasteiger partial charge in [0.2, 0.25) is 11.8 Å². The molecule has 1 atom stereocenters. The summed E-state index contributed by atoms with van der Waals surface area (Å²) < 4.78 is 0. The molecule has 0 aromatic heterocycles. The van der Waals surface area contributed by atoms with Crippen LogP contribution in [0.4, 0.5) is 5.69 Å². The second-order valence-corrected chi connectivity index (χ2v) is 6.71. The first-order valence-electron chi connectivity index (χ1n) is 8.73. The third-order valence-electron chi connectivity index (χ3n) is 4.96. The van der Waals surface area contributed by atoms with Crippen molar-refractivity contribution in [3.63, 3.8) is 0 Å². The molecule has 1 heterocycles. The lowest BCUT2D eigenvalue weighted by Gasteiger charge is -2.17. The van der Waals surface area contributed by atoms with E-state index in [4.69, 9.17) is 0 Å². The summed E-state index contributed by atoms with van der Waals surface area (Å²) in [6.07, 6.45) is 1.11. The fourth-order valence-electron chi connectivity index (χ4n) is 3.19. The van der Waals surface area contributed by atoms with E-state index in [1.165, 1.54) is 5.56 Å². The van der Waals surface area contributed by atoms with Gasteiger partial charge >= 0.3 is 0 Å². The standard InChI is InChI=1S/C21H24N2O2/c1-15-7-6-10-19(16(15)2)22-21(25)18-13-20(24)23(14-18)12-11-17-8-4-3-5-9-17/h3-10,18H,11-14H2,1-2H3,(H,22,25). The Balaban J connectivity index is 1.58. The molecule has 0 aliphatic carbocycles. The van der Waals surface area contributed by atoms with Gasteiger partial charge in [0.1, 0.15) is 0 Å². The third-order valence-corrected chi connectivity index (χ3v) is 4.96. The predicted octanol–water partition coefficient (Wildman–Crippen LogP) is 3.33. The SMILES string of the molecule is Cc1cccc(NC(=O)C2CC(=O)N(CCc3ccccc3)C2)c1C. The van der Waals surface area contributed by atoms with Crippen LogP contribution < -0.4 is 5.32 Å². The lowest BCUT2D eigenvalue weighted by atomic mass is 10.1. The number of carbonyl (C=O) groups excluding carboxylic acids is 2. The maximum Gasteiger partial charge on any atom is 0.229 e. The minimum absolute atomic E-state index is 0.0655. The van der Waals surface area contributed by atoms with Crippen LogP contribution >= 0.6 is 0 Å². The van der Waals surface area contributed by atoms with Crippen LogP contribution in [0.15, 0.2) is 48.5 Å². The lowest BCUT2D eigenvalue weighted by Crippen LogP contribution is -2.30. The van der Waals surface area contributed by atoms with Gasteiger partial charge < -0.3 is 10.2 Å². The third kappa shape index (κ3) is 4.08. The molecule has 1 aliphatic heterocycles. The molecule has 4 nitrogen and oxygen atoms in total. The fraction of sp³-hybridized carbons (Fsp3) is 0.333. The van der Waals surface area contributed by atoms with Gasteiger partial charge in [-0.15, -0.1) is 0 Å². The molecule has 2 aromatic carbocycles. The first-order chi connectivity index (χ1) is 12.0. The van der Waals surface area contributed by atoms with Crippen molar-refractivity contribution in [1.82, 2.24) is 4.90 Å². The van der Waals surface area contributed by atoms with Crippen molar-refractivity contribution >= 4 is 17.5 Å². The number of hydrogen-bond acceptors (Lipinski definition) is 2. The smallest absolute Gasteiger partial charge is 0.229 e. The Bertz CT molecular complexity index is 771. The summed E-state index contributed by atoms with van der Waals surface area (Å²) in [6, 6.07) is 16.0. The highest BCUT2D eigenvalue weighted by atomic mass is 16.2. The number of carbonyl (C=O) groups is 2. The molecule has 2 amide bonds. The molecule has 1 aliphatic rings. The molecule has 3 rings (SSSR count). The van der Waals surface area contributed by atoms with Gasteiger partial charge in [0.05, 0.1) is 5.92 Å². The zero-order valence-corrected chi connectivity index (χ0v) is 14.8. The Morgan fingerprint density at radius 2 is 1.88 bits per heavy atom. The second-order valence-electron chi connectivity index (χ2n) is 6.71. The number of rotatable bonds is 5. The molecule has 1 fully saturated rings. The molecule has 0 bridgehead atoms. The molecule has 1 unspecified atom stereocenters. The van der Waals surface area contributed by atoms with E-state index in [-0.39, 0.29) is 17.7 Å². The number of nitrogens with one attached hydrogen (secondary N) is 1. The normalized spacial score (nSPS) is 17.0. The first-order valence-corrected chi connectivity index (χ1v) is 8.73. The molecule has 4 heteroatoms. The molecular formula is C21H24N2O2. The van der Waals surface area contributed by atoms with Gasteiger partial charge in [0.15, 0.2) is 0 Å². The van der Waals surface area contributed by atoms with Gasteiger partial charge in [-0.3, -0.25) is 9.59 Å². The molecule has 1 saturated heterocycles. The van der Waals surface area contributed by atoms with Crippen LogP contribution in [0.25, 0.3) is 0 Å². The van der Waals surface area contributed by atoms with Crippen molar-refractivity contribution < 1.29 is 9.59 Å². The maximum atomic E-state index is 12.6. The highest BCUT2D eigenvalue weighted by molar-refractivity contribution is 5.97. The minimum atomic E-state index is -0.275. The van der Waals surface area contributed by atoms with E-state index >= 15 is 0 Å². The summed E-state index contributed by atoms with van der Waals surface area (Å²) in [7, 11) is 0. The molecule has 0 saturated carbocycles. The second kappa shape index (κ2) is 7.51. The zero-order valence-electron chi connectivity index (χ0n) is 14.8. The molecule has 25 heavy (non-hydrogen) atoms. The van der Waals surface area contributed by atoms with Gasteiger partial charge in [-0.25, -0.2) is 0 Å². The Morgan fingerprint density at radius 1 is 1.12 bits per heavy atom. The number of likely N-dealkylation sites (tertiary alicyclic amines) is 1. The number of amides is 2. The molecule has 2 aromatic rings. The van der Waals surface area contributed by atoms with Crippen LogP contribution in [-0.2, 0) is 16.0 Å². The van der Waals surface area contributed by atoms with E-state index in [0.29, 0.717) is 19.5 Å². The molecule has 1 N–H and O–H groups in total. The van der Waals surface area contributed by atoms with Crippen molar-refractivity contribution in [1.29, 1.82) is 0 Å². The van der Waals surface area contributed by atoms with Gasteiger partial charge in [0, 0.05) is 25.2 Å². The number of hydrogen-bond donors (Lipinski definition) is 1. The molecule has 0 spiro atoms. The van der Waals surface area contributed by atoms with Crippen molar-refractivity contribution in [2.24, 2.45) is 5.92 Å². The van der Waals surface area contributed by atoms with Gasteiger partial charge in [0.25, 0.3) is 0 Å². The van der Waals surface area contributed by atoms with Crippen molar-refractivity contribution in [3.05, 3.63) is 65.2 Å². The molecular weight excluding hydrogens is 312 g/mol. The Hall–Kier alpha value is -2.62. The van der Waals surface area contributed by atoms with Gasteiger partial charge in [-0.2, -0.15) is 0 Å². The summed E-state index contributed by atoms with van der Waals surface area (Å²) in [5, 5.41) is 2.99. The molecule has 130 valence electrons. The fourth-order valence-corrected chi connectivity index (χ4v) is 3.19. The van der Waals surface area contributed by atoms with Crippen molar-refractivity contribution in [3.8, 4) is 0 Å². The van der Waals surface area contributed by atoms with E-state index in [0.717, 1.165) is 23.2 Å². The lowest BCUT2D eigenvalue weighted by molar-refractivity contribution is -0.128. The van der Waals surface area contributed by atoms with Crippen LogP contribution in [0.1, 0.15) is 23.1 Å². The van der Waals surface area contributed by atoms with E-state index in [1.54, 1.807) is 4.90 Å². The van der Waals surface area contributed by atoms with Crippen molar-refractivity contribution in [2.75, 3.05) is 18.4 Å². The zero-order chi connectivity index (χ0) is 17.8. The van der Waals surface area contributed by atoms with E-state index in [2.05, 4.69) is 17.4 Å². The number of anilines is 1. The van der Waals surface area contributed by atoms with E-state index in [1.807, 2.05) is 50.2 Å². The summed E-state index contributed by atoms with van der Waals surface area (Å²) >= 11 is 0. The predicted molar refractivity (Wildman–Crippen MR) is 99.4 cm³/mol. The van der Waals surface area contributed by atoms with Crippen LogP contribution in [0.3, 0.4) is 0 Å². The minimum Gasteiger partial charge on any atom is -0.342 e.